The van der Waals surface area contributed by atoms with E-state index in [1.807, 2.05) is 29.6 Å². The average Bonchev–Trinajstić information content (AvgIpc) is 2.76. The Hall–Kier alpha value is -1.10. The van der Waals surface area contributed by atoms with Gasteiger partial charge >= 0.3 is 0 Å². The van der Waals surface area contributed by atoms with Crippen molar-refractivity contribution in [3.05, 3.63) is 45.4 Å². The van der Waals surface area contributed by atoms with E-state index in [9.17, 15) is 5.11 Å². The van der Waals surface area contributed by atoms with E-state index in [2.05, 4.69) is 10.3 Å². The molecule has 0 spiro atoms. The Balaban J connectivity index is 1.94. The molecule has 83 valence electrons. The summed E-state index contributed by atoms with van der Waals surface area (Å²) in [7, 11) is 0. The Bertz CT molecular complexity index is 455. The molecule has 5 heteroatoms. The Kier molecular flexibility index (Phi) is 3.77. The molecule has 0 aliphatic heterocycles. The number of nitrogens with zero attached hydrogens (tertiary/aromatic N) is 1. The van der Waals surface area contributed by atoms with E-state index in [0.29, 0.717) is 16.6 Å². The minimum absolute atomic E-state index is 0.244. The average molecular weight is 254 g/mol. The number of benzene rings is 1. The smallest absolute Gasteiger partial charge is 0.134 e. The van der Waals surface area contributed by atoms with E-state index < -0.39 is 0 Å². The van der Waals surface area contributed by atoms with Crippen molar-refractivity contribution in [1.29, 1.82) is 0 Å². The van der Waals surface area contributed by atoms with Gasteiger partial charge in [0, 0.05) is 16.1 Å². The van der Waals surface area contributed by atoms with Crippen molar-refractivity contribution in [3.63, 3.8) is 0 Å². The third-order valence-corrected chi connectivity index (χ3v) is 3.16. The van der Waals surface area contributed by atoms with Gasteiger partial charge in [0.05, 0.1) is 12.2 Å². The second-order valence-electron chi connectivity index (χ2n) is 3.24. The summed E-state index contributed by atoms with van der Waals surface area (Å²) in [5.41, 5.74) is 1.88. The largest absolute Gasteiger partial charge is 0.379 e. The number of hydrogen-bond acceptors (Lipinski definition) is 3. The molecule has 1 aromatic heterocycles. The molecule has 0 fully saturated rings. The van der Waals surface area contributed by atoms with Crippen molar-refractivity contribution in [2.24, 2.45) is 0 Å². The van der Waals surface area contributed by atoms with Gasteiger partial charge in [-0.05, 0) is 24.3 Å². The Morgan fingerprint density at radius 3 is 2.69 bits per heavy atom. The summed E-state index contributed by atoms with van der Waals surface area (Å²) >= 11 is 7.18. The van der Waals surface area contributed by atoms with Gasteiger partial charge in [-0.15, -0.1) is 11.3 Å². The highest BCUT2D eigenvalue weighted by molar-refractivity contribution is 7.09. The molecule has 1 radical (unpaired) electrons. The first-order valence-electron chi connectivity index (χ1n) is 4.79. The Labute approximate surface area is 103 Å². The topological polar surface area (TPSA) is 44.8 Å². The normalized spacial score (nSPS) is 10.4. The van der Waals surface area contributed by atoms with Crippen molar-refractivity contribution in [1.82, 2.24) is 4.98 Å². The second kappa shape index (κ2) is 5.30. The highest BCUT2D eigenvalue weighted by Gasteiger charge is 2.01. The van der Waals surface area contributed by atoms with Crippen LogP contribution in [0.5, 0.6) is 0 Å². The summed E-state index contributed by atoms with van der Waals surface area (Å²) < 4.78 is 0. The SMILES string of the molecule is [O]Cc1nc(CNc2ccc(Cl)cc2)cs1. The molecule has 16 heavy (non-hydrogen) atoms. The minimum Gasteiger partial charge on any atom is -0.379 e. The van der Waals surface area contributed by atoms with Crippen LogP contribution in [0.25, 0.3) is 0 Å². The van der Waals surface area contributed by atoms with Gasteiger partial charge in [0.25, 0.3) is 0 Å². The molecule has 0 aliphatic rings. The molecule has 0 saturated carbocycles. The van der Waals surface area contributed by atoms with Gasteiger partial charge in [-0.3, -0.25) is 0 Å². The molecule has 2 aromatic rings. The number of rotatable bonds is 4. The maximum absolute atomic E-state index is 10.6. The van der Waals surface area contributed by atoms with E-state index in [1.165, 1.54) is 11.3 Å². The lowest BCUT2D eigenvalue weighted by molar-refractivity contribution is 0.177. The quantitative estimate of drug-likeness (QED) is 0.908. The fraction of sp³-hybridized carbons (Fsp3) is 0.182. The van der Waals surface area contributed by atoms with Gasteiger partial charge in [-0.1, -0.05) is 11.6 Å². The fourth-order valence-electron chi connectivity index (χ4n) is 1.26. The van der Waals surface area contributed by atoms with Crippen LogP contribution in [0.4, 0.5) is 5.69 Å². The van der Waals surface area contributed by atoms with Crippen LogP contribution in [0.3, 0.4) is 0 Å². The van der Waals surface area contributed by atoms with Crippen LogP contribution in [-0.2, 0) is 18.3 Å². The summed E-state index contributed by atoms with van der Waals surface area (Å²) in [6, 6.07) is 7.47. The molecule has 0 atom stereocenters. The Morgan fingerprint density at radius 2 is 2.06 bits per heavy atom. The zero-order valence-electron chi connectivity index (χ0n) is 8.44. The van der Waals surface area contributed by atoms with Gasteiger partial charge < -0.3 is 5.32 Å². The number of nitrogens with one attached hydrogen (secondary N) is 1. The highest BCUT2D eigenvalue weighted by atomic mass is 35.5. The van der Waals surface area contributed by atoms with Crippen LogP contribution in [0, 0.1) is 0 Å². The third kappa shape index (κ3) is 2.95. The number of hydrogen-bond donors (Lipinski definition) is 1. The lowest BCUT2D eigenvalue weighted by atomic mass is 10.3. The zero-order valence-corrected chi connectivity index (χ0v) is 10.0. The van der Waals surface area contributed by atoms with E-state index in [1.54, 1.807) is 0 Å². The summed E-state index contributed by atoms with van der Waals surface area (Å²) in [6.45, 7) is 0.379. The molecule has 2 rings (SSSR count). The molecular weight excluding hydrogens is 244 g/mol. The number of aromatic nitrogens is 1. The maximum atomic E-state index is 10.6. The molecule has 1 N–H and O–H groups in total. The predicted molar refractivity (Wildman–Crippen MR) is 65.3 cm³/mol. The molecule has 0 unspecified atom stereocenters. The first-order valence-corrected chi connectivity index (χ1v) is 6.04. The summed E-state index contributed by atoms with van der Waals surface area (Å²) in [6.07, 6.45) is 0. The van der Waals surface area contributed by atoms with Gasteiger partial charge in [-0.25, -0.2) is 10.1 Å². The van der Waals surface area contributed by atoms with E-state index in [4.69, 9.17) is 11.6 Å². The fourth-order valence-corrected chi connectivity index (χ4v) is 2.03. The zero-order chi connectivity index (χ0) is 11.4. The maximum Gasteiger partial charge on any atom is 0.134 e. The minimum atomic E-state index is -0.244. The standard InChI is InChI=1S/C11H10ClN2OS/c12-8-1-3-9(4-2-8)13-5-10-7-16-11(6-15)14-10/h1-4,7,13H,5-6H2. The molecule has 0 saturated heterocycles. The second-order valence-corrected chi connectivity index (χ2v) is 4.62. The van der Waals surface area contributed by atoms with Crippen LogP contribution < -0.4 is 5.32 Å². The lowest BCUT2D eigenvalue weighted by Crippen LogP contribution is -1.99. The van der Waals surface area contributed by atoms with Crippen LogP contribution >= 0.6 is 22.9 Å². The van der Waals surface area contributed by atoms with Crippen molar-refractivity contribution in [3.8, 4) is 0 Å². The molecule has 0 aliphatic carbocycles. The molecule has 0 bridgehead atoms. The highest BCUT2D eigenvalue weighted by Crippen LogP contribution is 2.15. The first kappa shape index (κ1) is 11.4. The van der Waals surface area contributed by atoms with Crippen molar-refractivity contribution in [2.45, 2.75) is 13.2 Å². The number of anilines is 1. The molecule has 1 aromatic carbocycles. The van der Waals surface area contributed by atoms with Crippen LogP contribution in [0.2, 0.25) is 5.02 Å². The summed E-state index contributed by atoms with van der Waals surface area (Å²) in [5, 5.41) is 17.0. The van der Waals surface area contributed by atoms with Gasteiger partial charge in [-0.2, -0.15) is 0 Å². The van der Waals surface area contributed by atoms with Gasteiger partial charge in [0.1, 0.15) is 11.6 Å². The number of halogens is 1. The van der Waals surface area contributed by atoms with E-state index >= 15 is 0 Å². The van der Waals surface area contributed by atoms with Crippen LogP contribution in [0.1, 0.15) is 10.7 Å². The third-order valence-electron chi connectivity index (χ3n) is 2.04. The van der Waals surface area contributed by atoms with Crippen LogP contribution in [0.15, 0.2) is 29.6 Å². The van der Waals surface area contributed by atoms with Crippen LogP contribution in [-0.4, -0.2) is 4.98 Å². The van der Waals surface area contributed by atoms with Crippen molar-refractivity contribution in [2.75, 3.05) is 5.32 Å². The van der Waals surface area contributed by atoms with E-state index in [-0.39, 0.29) is 6.61 Å². The van der Waals surface area contributed by atoms with Crippen molar-refractivity contribution >= 4 is 28.6 Å². The van der Waals surface area contributed by atoms with Gasteiger partial charge in [0.2, 0.25) is 0 Å². The predicted octanol–water partition coefficient (Wildman–Crippen LogP) is 3.34. The first-order chi connectivity index (χ1) is 7.78. The summed E-state index contributed by atoms with van der Waals surface area (Å²) in [4.78, 5) is 4.18. The molecule has 1 heterocycles. The Morgan fingerprint density at radius 1 is 1.31 bits per heavy atom. The molecular formula is C11H10ClN2OS. The molecule has 3 nitrogen and oxygen atoms in total. The monoisotopic (exact) mass is 253 g/mol. The lowest BCUT2D eigenvalue weighted by Gasteiger charge is -2.03. The molecule has 0 amide bonds. The van der Waals surface area contributed by atoms with Crippen molar-refractivity contribution < 1.29 is 5.11 Å². The van der Waals surface area contributed by atoms with Gasteiger partial charge in [0.15, 0.2) is 0 Å². The number of thiazole rings is 1. The van der Waals surface area contributed by atoms with E-state index in [0.717, 1.165) is 11.4 Å². The summed E-state index contributed by atoms with van der Waals surface area (Å²) in [5.74, 6) is 0.